The van der Waals surface area contributed by atoms with Crippen molar-refractivity contribution in [1.82, 2.24) is 15.2 Å². The van der Waals surface area contributed by atoms with Gasteiger partial charge in [-0.25, -0.2) is 0 Å². The number of pyridine rings is 1. The number of carbonyl (C=O) groups excluding carboxylic acids is 1. The molecule has 4 unspecified atom stereocenters. The van der Waals surface area contributed by atoms with Gasteiger partial charge in [-0.05, 0) is 78.8 Å². The van der Waals surface area contributed by atoms with Crippen LogP contribution in [-0.4, -0.2) is 34.9 Å². The predicted octanol–water partition coefficient (Wildman–Crippen LogP) is 6.58. The van der Waals surface area contributed by atoms with Crippen molar-refractivity contribution >= 4 is 40.6 Å². The molecule has 4 aromatic carbocycles. The zero-order chi connectivity index (χ0) is 29.2. The first-order valence-corrected chi connectivity index (χ1v) is 16.9. The molecule has 3 aliphatic rings. The molecule has 1 amide bonds. The SMILES string of the molecule is CCC1CN2CCC1CC2[C@@H](NC(=O)c1ccccc1P(c1ccccc1)c1ccccc1)c1ccnc2ccccc12. The molecule has 0 saturated carbocycles. The van der Waals surface area contributed by atoms with Crippen LogP contribution in [0.2, 0.25) is 0 Å². The van der Waals surface area contributed by atoms with E-state index >= 15 is 0 Å². The third-order valence-electron chi connectivity index (χ3n) is 9.57. The first-order chi connectivity index (χ1) is 21.2. The van der Waals surface area contributed by atoms with Gasteiger partial charge in [-0.1, -0.05) is 110 Å². The molecule has 3 fully saturated rings. The van der Waals surface area contributed by atoms with Crippen molar-refractivity contribution in [2.45, 2.75) is 38.3 Å². The lowest BCUT2D eigenvalue weighted by molar-refractivity contribution is -0.0152. The first-order valence-electron chi connectivity index (χ1n) is 15.6. The van der Waals surface area contributed by atoms with E-state index in [9.17, 15) is 4.79 Å². The molecular formula is C38H38N3OP. The van der Waals surface area contributed by atoms with Crippen molar-refractivity contribution < 1.29 is 4.79 Å². The quantitative estimate of drug-likeness (QED) is 0.210. The van der Waals surface area contributed by atoms with E-state index in [1.165, 1.54) is 23.5 Å². The van der Waals surface area contributed by atoms with Gasteiger partial charge >= 0.3 is 0 Å². The summed E-state index contributed by atoms with van der Waals surface area (Å²) in [5.41, 5.74) is 2.89. The number of fused-ring (bicyclic) bond motifs is 4. The minimum absolute atomic E-state index is 0.00413. The Kier molecular flexibility index (Phi) is 8.06. The molecule has 43 heavy (non-hydrogen) atoms. The minimum atomic E-state index is -0.916. The number of hydrogen-bond donors (Lipinski definition) is 1. The Balaban J connectivity index is 1.30. The lowest BCUT2D eigenvalue weighted by Crippen LogP contribution is -2.57. The number of piperidine rings is 3. The number of benzene rings is 4. The van der Waals surface area contributed by atoms with Crippen LogP contribution in [0.3, 0.4) is 0 Å². The van der Waals surface area contributed by atoms with Crippen LogP contribution in [-0.2, 0) is 0 Å². The average molecular weight is 584 g/mol. The molecule has 0 spiro atoms. The molecule has 1 N–H and O–H groups in total. The number of carbonyl (C=O) groups is 1. The van der Waals surface area contributed by atoms with Crippen molar-refractivity contribution in [1.29, 1.82) is 0 Å². The fraction of sp³-hybridized carbons (Fsp3) is 0.263. The number of aromatic nitrogens is 1. The van der Waals surface area contributed by atoms with E-state index in [1.54, 1.807) is 0 Å². The van der Waals surface area contributed by atoms with Crippen LogP contribution < -0.4 is 21.2 Å². The minimum Gasteiger partial charge on any atom is -0.344 e. The molecular weight excluding hydrogens is 545 g/mol. The highest BCUT2D eigenvalue weighted by Gasteiger charge is 2.43. The van der Waals surface area contributed by atoms with Crippen LogP contribution in [0.5, 0.6) is 0 Å². The van der Waals surface area contributed by atoms with Crippen LogP contribution >= 0.6 is 7.92 Å². The second-order valence-electron chi connectivity index (χ2n) is 11.9. The maximum atomic E-state index is 14.6. The Morgan fingerprint density at radius 1 is 0.884 bits per heavy atom. The Labute approximate surface area is 255 Å². The van der Waals surface area contributed by atoms with Gasteiger partial charge < -0.3 is 5.32 Å². The highest BCUT2D eigenvalue weighted by atomic mass is 31.1. The van der Waals surface area contributed by atoms with Crippen molar-refractivity contribution in [2.24, 2.45) is 11.8 Å². The van der Waals surface area contributed by atoms with E-state index in [0.717, 1.165) is 52.8 Å². The summed E-state index contributed by atoms with van der Waals surface area (Å²) in [6, 6.07) is 40.1. The Hall–Kier alpha value is -3.85. The summed E-state index contributed by atoms with van der Waals surface area (Å²) < 4.78 is 0. The normalized spacial score (nSPS) is 22.0. The van der Waals surface area contributed by atoms with Crippen molar-refractivity contribution in [3.05, 3.63) is 133 Å². The Bertz CT molecular complexity index is 1660. The lowest BCUT2D eigenvalue weighted by atomic mass is 9.72. The van der Waals surface area contributed by atoms with Gasteiger partial charge in [0.05, 0.1) is 11.6 Å². The fourth-order valence-corrected chi connectivity index (χ4v) is 9.87. The van der Waals surface area contributed by atoms with Gasteiger partial charge in [0, 0.05) is 29.7 Å². The molecule has 1 aromatic heterocycles. The number of nitrogens with one attached hydrogen (secondary N) is 1. The summed E-state index contributed by atoms with van der Waals surface area (Å²) in [5, 5.41) is 8.31. The Morgan fingerprint density at radius 3 is 2.26 bits per heavy atom. The average Bonchev–Trinajstić information content (AvgIpc) is 3.08. The second kappa shape index (κ2) is 12.4. The topological polar surface area (TPSA) is 45.2 Å². The summed E-state index contributed by atoms with van der Waals surface area (Å²) in [6.45, 7) is 4.54. The van der Waals surface area contributed by atoms with Crippen LogP contribution in [0.4, 0.5) is 0 Å². The van der Waals surface area contributed by atoms with Gasteiger partial charge in [-0.2, -0.15) is 0 Å². The van der Waals surface area contributed by atoms with Gasteiger partial charge in [0.2, 0.25) is 0 Å². The van der Waals surface area contributed by atoms with E-state index in [0.29, 0.717) is 5.92 Å². The third kappa shape index (κ3) is 5.51. The number of hydrogen-bond acceptors (Lipinski definition) is 3. The summed E-state index contributed by atoms with van der Waals surface area (Å²) in [7, 11) is -0.916. The number of para-hydroxylation sites is 1. The van der Waals surface area contributed by atoms with Gasteiger partial charge in [-0.15, -0.1) is 0 Å². The Morgan fingerprint density at radius 2 is 1.56 bits per heavy atom. The molecule has 216 valence electrons. The van der Waals surface area contributed by atoms with E-state index in [4.69, 9.17) is 0 Å². The monoisotopic (exact) mass is 583 g/mol. The smallest absolute Gasteiger partial charge is 0.252 e. The molecule has 5 heteroatoms. The molecule has 3 saturated heterocycles. The lowest BCUT2D eigenvalue weighted by Gasteiger charge is -2.52. The third-order valence-corrected chi connectivity index (χ3v) is 12.1. The van der Waals surface area contributed by atoms with Gasteiger partial charge in [0.15, 0.2) is 0 Å². The molecule has 2 bridgehead atoms. The van der Waals surface area contributed by atoms with Crippen molar-refractivity contribution in [2.75, 3.05) is 13.1 Å². The molecule has 8 rings (SSSR count). The number of amides is 1. The standard InChI is InChI=1S/C38H38N3OP/c1-2-27-26-41-24-22-28(27)25-35(41)37(32-21-23-39-34-19-11-9-17-31(32)34)40-38(42)33-18-10-12-20-36(33)43(29-13-5-3-6-14-29)30-15-7-4-8-16-30/h3-21,23,27-28,35,37H,2,22,24-26H2,1H3,(H,40,42)/t27?,28?,35?,37-/m0/s1. The largest absolute Gasteiger partial charge is 0.344 e. The molecule has 4 heterocycles. The molecule has 5 aromatic rings. The van der Waals surface area contributed by atoms with E-state index in [-0.39, 0.29) is 18.0 Å². The second-order valence-corrected chi connectivity index (χ2v) is 14.1. The van der Waals surface area contributed by atoms with Gasteiger partial charge in [0.25, 0.3) is 5.91 Å². The molecule has 4 nitrogen and oxygen atoms in total. The van der Waals surface area contributed by atoms with E-state index in [1.807, 2.05) is 24.4 Å². The fourth-order valence-electron chi connectivity index (χ4n) is 7.42. The molecule has 5 atom stereocenters. The van der Waals surface area contributed by atoms with Crippen molar-refractivity contribution in [3.8, 4) is 0 Å². The van der Waals surface area contributed by atoms with E-state index in [2.05, 4.69) is 119 Å². The van der Waals surface area contributed by atoms with Crippen LogP contribution in [0, 0.1) is 11.8 Å². The predicted molar refractivity (Wildman–Crippen MR) is 179 cm³/mol. The van der Waals surface area contributed by atoms with Crippen molar-refractivity contribution in [3.63, 3.8) is 0 Å². The zero-order valence-electron chi connectivity index (χ0n) is 24.6. The summed E-state index contributed by atoms with van der Waals surface area (Å²) >= 11 is 0. The van der Waals surface area contributed by atoms with Crippen LogP contribution in [0.1, 0.15) is 48.1 Å². The highest BCUT2D eigenvalue weighted by Crippen LogP contribution is 2.43. The maximum Gasteiger partial charge on any atom is 0.252 e. The van der Waals surface area contributed by atoms with E-state index < -0.39 is 7.92 Å². The molecule has 0 radical (unpaired) electrons. The number of nitrogens with zero attached hydrogens (tertiary/aromatic N) is 2. The zero-order valence-corrected chi connectivity index (χ0v) is 25.5. The highest BCUT2D eigenvalue weighted by molar-refractivity contribution is 7.80. The maximum absolute atomic E-state index is 14.6. The summed E-state index contributed by atoms with van der Waals surface area (Å²) in [4.78, 5) is 21.9. The van der Waals surface area contributed by atoms with Crippen LogP contribution in [0.15, 0.2) is 121 Å². The first kappa shape index (κ1) is 28.0. The van der Waals surface area contributed by atoms with Gasteiger partial charge in [-0.3, -0.25) is 14.7 Å². The summed E-state index contributed by atoms with van der Waals surface area (Å²) in [6.07, 6.45) is 5.50. The van der Waals surface area contributed by atoms with Gasteiger partial charge in [0.1, 0.15) is 0 Å². The molecule has 0 aliphatic carbocycles. The number of rotatable bonds is 8. The molecule has 3 aliphatic heterocycles. The van der Waals surface area contributed by atoms with Crippen LogP contribution in [0.25, 0.3) is 10.9 Å². The summed E-state index contributed by atoms with van der Waals surface area (Å²) in [5.74, 6) is 1.45.